The lowest BCUT2D eigenvalue weighted by atomic mass is 10.2. The second kappa shape index (κ2) is 11.1. The van der Waals surface area contributed by atoms with Crippen molar-refractivity contribution in [3.05, 3.63) is 47.5 Å². The van der Waals surface area contributed by atoms with Gasteiger partial charge in [0.1, 0.15) is 6.54 Å². The third kappa shape index (κ3) is 6.03. The van der Waals surface area contributed by atoms with E-state index in [1.807, 2.05) is 0 Å². The lowest BCUT2D eigenvalue weighted by Gasteiger charge is -2.24. The first-order valence-corrected chi connectivity index (χ1v) is 11.4. The van der Waals surface area contributed by atoms with E-state index in [1.165, 1.54) is 32.4 Å². The highest BCUT2D eigenvalue weighted by molar-refractivity contribution is 7.92. The highest BCUT2D eigenvalue weighted by Crippen LogP contribution is 2.32. The standard InChI is InChI=1S/C21H27ClN2O5S/c1-4-5-6-13-23-21(25)15-24(17-9-7-16(22)8-10-17)30(26,27)18-11-12-19(28-2)20(14-18)29-3/h7-12,14H,4-6,13,15H2,1-3H3,(H,23,25). The SMILES string of the molecule is CCCCCNC(=O)CN(c1ccc(Cl)cc1)S(=O)(=O)c1ccc(OC)c(OC)c1. The summed E-state index contributed by atoms with van der Waals surface area (Å²) in [5.74, 6) is 0.298. The zero-order chi connectivity index (χ0) is 22.1. The molecular formula is C21H27ClN2O5S. The molecule has 0 atom stereocenters. The van der Waals surface area contributed by atoms with E-state index in [4.69, 9.17) is 21.1 Å². The lowest BCUT2D eigenvalue weighted by molar-refractivity contribution is -0.119. The molecule has 0 aliphatic rings. The van der Waals surface area contributed by atoms with Crippen LogP contribution >= 0.6 is 11.6 Å². The van der Waals surface area contributed by atoms with Crippen molar-refractivity contribution in [1.29, 1.82) is 0 Å². The van der Waals surface area contributed by atoms with E-state index < -0.39 is 10.0 Å². The molecule has 2 rings (SSSR count). The summed E-state index contributed by atoms with van der Waals surface area (Å²) in [5.41, 5.74) is 0.331. The molecule has 7 nitrogen and oxygen atoms in total. The lowest BCUT2D eigenvalue weighted by Crippen LogP contribution is -2.41. The number of nitrogens with one attached hydrogen (secondary N) is 1. The van der Waals surface area contributed by atoms with Crippen LogP contribution in [0.2, 0.25) is 5.02 Å². The zero-order valence-electron chi connectivity index (χ0n) is 17.4. The molecule has 0 spiro atoms. The summed E-state index contributed by atoms with van der Waals surface area (Å²) in [6, 6.07) is 10.6. The van der Waals surface area contributed by atoms with Gasteiger partial charge in [-0.15, -0.1) is 0 Å². The molecule has 0 aromatic heterocycles. The van der Waals surface area contributed by atoms with E-state index in [-0.39, 0.29) is 23.1 Å². The van der Waals surface area contributed by atoms with Gasteiger partial charge in [-0.25, -0.2) is 8.42 Å². The third-order valence-corrected chi connectivity index (χ3v) is 6.47. The molecule has 0 aliphatic carbocycles. The molecule has 1 amide bonds. The number of unbranched alkanes of at least 4 members (excludes halogenated alkanes) is 2. The maximum absolute atomic E-state index is 13.4. The molecule has 0 fully saturated rings. The number of carbonyl (C=O) groups is 1. The van der Waals surface area contributed by atoms with E-state index >= 15 is 0 Å². The number of sulfonamides is 1. The molecule has 0 aliphatic heterocycles. The van der Waals surface area contributed by atoms with Crippen LogP contribution in [0.15, 0.2) is 47.4 Å². The Labute approximate surface area is 183 Å². The second-order valence-electron chi connectivity index (χ2n) is 6.56. The van der Waals surface area contributed by atoms with Crippen molar-refractivity contribution in [2.75, 3.05) is 31.6 Å². The summed E-state index contributed by atoms with van der Waals surface area (Å²) >= 11 is 5.95. The van der Waals surface area contributed by atoms with Crippen LogP contribution in [-0.4, -0.2) is 41.6 Å². The molecule has 164 valence electrons. The number of amides is 1. The van der Waals surface area contributed by atoms with Crippen molar-refractivity contribution in [3.63, 3.8) is 0 Å². The molecule has 30 heavy (non-hydrogen) atoms. The topological polar surface area (TPSA) is 84.9 Å². The maximum atomic E-state index is 13.4. The van der Waals surface area contributed by atoms with Gasteiger partial charge in [-0.05, 0) is 42.8 Å². The minimum Gasteiger partial charge on any atom is -0.493 e. The molecule has 0 saturated heterocycles. The minimum atomic E-state index is -4.06. The predicted octanol–water partition coefficient (Wildman–Crippen LogP) is 3.86. The summed E-state index contributed by atoms with van der Waals surface area (Å²) in [5, 5.41) is 3.24. The first-order valence-electron chi connectivity index (χ1n) is 9.60. The van der Waals surface area contributed by atoms with E-state index in [2.05, 4.69) is 12.2 Å². The highest BCUT2D eigenvalue weighted by Gasteiger charge is 2.28. The van der Waals surface area contributed by atoms with Gasteiger partial charge in [0.15, 0.2) is 11.5 Å². The number of halogens is 1. The van der Waals surface area contributed by atoms with Gasteiger partial charge >= 0.3 is 0 Å². The smallest absolute Gasteiger partial charge is 0.264 e. The Morgan fingerprint density at radius 2 is 1.70 bits per heavy atom. The summed E-state index contributed by atoms with van der Waals surface area (Å²) < 4.78 is 38.3. The van der Waals surface area contributed by atoms with Gasteiger partial charge in [-0.2, -0.15) is 0 Å². The molecule has 9 heteroatoms. The first kappa shape index (κ1) is 23.8. The van der Waals surface area contributed by atoms with Crippen LogP contribution < -0.4 is 19.1 Å². The normalized spacial score (nSPS) is 11.1. The number of carbonyl (C=O) groups excluding carboxylic acids is 1. The van der Waals surface area contributed by atoms with E-state index in [0.717, 1.165) is 23.6 Å². The fraction of sp³-hybridized carbons (Fsp3) is 0.381. The van der Waals surface area contributed by atoms with Crippen LogP contribution in [0.3, 0.4) is 0 Å². The van der Waals surface area contributed by atoms with Crippen LogP contribution in [0.5, 0.6) is 11.5 Å². The van der Waals surface area contributed by atoms with Gasteiger partial charge in [0.05, 0.1) is 24.8 Å². The number of hydrogen-bond acceptors (Lipinski definition) is 5. The largest absolute Gasteiger partial charge is 0.493 e. The Morgan fingerprint density at radius 1 is 1.03 bits per heavy atom. The van der Waals surface area contributed by atoms with Crippen molar-refractivity contribution >= 4 is 33.2 Å². The molecular weight excluding hydrogens is 428 g/mol. The Morgan fingerprint density at radius 3 is 2.30 bits per heavy atom. The molecule has 1 N–H and O–H groups in total. The third-order valence-electron chi connectivity index (χ3n) is 4.45. The van der Waals surface area contributed by atoms with Gasteiger partial charge in [0.2, 0.25) is 5.91 Å². The van der Waals surface area contributed by atoms with Crippen LogP contribution in [-0.2, 0) is 14.8 Å². The number of benzene rings is 2. The minimum absolute atomic E-state index is 0.0196. The Balaban J connectivity index is 2.37. The molecule has 2 aromatic rings. The van der Waals surface area contributed by atoms with Gasteiger partial charge < -0.3 is 14.8 Å². The summed E-state index contributed by atoms with van der Waals surface area (Å²) in [7, 11) is -1.17. The number of ether oxygens (including phenoxy) is 2. The Hall–Kier alpha value is -2.45. The number of rotatable bonds is 11. The van der Waals surface area contributed by atoms with E-state index in [1.54, 1.807) is 24.3 Å². The van der Waals surface area contributed by atoms with Crippen molar-refractivity contribution in [1.82, 2.24) is 5.32 Å². The summed E-state index contributed by atoms with van der Waals surface area (Å²) in [4.78, 5) is 12.5. The Kier molecular flexibility index (Phi) is 8.80. The second-order valence-corrected chi connectivity index (χ2v) is 8.86. The van der Waals surface area contributed by atoms with Gasteiger partial charge in [0, 0.05) is 17.6 Å². The highest BCUT2D eigenvalue weighted by atomic mass is 35.5. The molecule has 0 saturated carbocycles. The van der Waals surface area contributed by atoms with Crippen LogP contribution in [0.1, 0.15) is 26.2 Å². The molecule has 0 unspecified atom stereocenters. The van der Waals surface area contributed by atoms with Gasteiger partial charge in [-0.1, -0.05) is 31.4 Å². The van der Waals surface area contributed by atoms with E-state index in [0.29, 0.717) is 23.0 Å². The summed E-state index contributed by atoms with van der Waals surface area (Å²) in [6.07, 6.45) is 2.86. The average Bonchev–Trinajstić information content (AvgIpc) is 2.75. The molecule has 0 bridgehead atoms. The van der Waals surface area contributed by atoms with Crippen LogP contribution in [0.25, 0.3) is 0 Å². The van der Waals surface area contributed by atoms with Gasteiger partial charge in [0.25, 0.3) is 10.0 Å². The molecule has 2 aromatic carbocycles. The summed E-state index contributed by atoms with van der Waals surface area (Å²) in [6.45, 7) is 2.21. The van der Waals surface area contributed by atoms with Crippen LogP contribution in [0, 0.1) is 0 Å². The number of methoxy groups -OCH3 is 2. The predicted molar refractivity (Wildman–Crippen MR) is 118 cm³/mol. The quantitative estimate of drug-likeness (QED) is 0.521. The van der Waals surface area contributed by atoms with Crippen molar-refractivity contribution in [2.24, 2.45) is 0 Å². The fourth-order valence-electron chi connectivity index (χ4n) is 2.82. The first-order chi connectivity index (χ1) is 14.3. The van der Waals surface area contributed by atoms with E-state index in [9.17, 15) is 13.2 Å². The van der Waals surface area contributed by atoms with Crippen molar-refractivity contribution in [3.8, 4) is 11.5 Å². The number of nitrogens with zero attached hydrogens (tertiary/aromatic N) is 1. The van der Waals surface area contributed by atoms with Crippen molar-refractivity contribution in [2.45, 2.75) is 31.1 Å². The molecule has 0 radical (unpaired) electrons. The van der Waals surface area contributed by atoms with Crippen molar-refractivity contribution < 1.29 is 22.7 Å². The fourth-order valence-corrected chi connectivity index (χ4v) is 4.38. The molecule has 0 heterocycles. The monoisotopic (exact) mass is 454 g/mol. The Bertz CT molecular complexity index is 948. The number of anilines is 1. The van der Waals surface area contributed by atoms with Gasteiger partial charge in [-0.3, -0.25) is 9.10 Å². The van der Waals surface area contributed by atoms with Crippen LogP contribution in [0.4, 0.5) is 5.69 Å². The zero-order valence-corrected chi connectivity index (χ0v) is 18.9. The maximum Gasteiger partial charge on any atom is 0.264 e. The number of hydrogen-bond donors (Lipinski definition) is 1. The average molecular weight is 455 g/mol.